The van der Waals surface area contributed by atoms with Crippen LogP contribution in [-0.4, -0.2) is 11.9 Å². The van der Waals surface area contributed by atoms with Gasteiger partial charge in [-0.2, -0.15) is 12.6 Å². The van der Waals surface area contributed by atoms with Crippen molar-refractivity contribution in [3.8, 4) is 0 Å². The fourth-order valence-electron chi connectivity index (χ4n) is 0.295. The van der Waals surface area contributed by atoms with Crippen LogP contribution in [0.25, 0.3) is 0 Å². The maximum Gasteiger partial charge on any atom is 0.0473 e. The van der Waals surface area contributed by atoms with E-state index in [9.17, 15) is 0 Å². The molecule has 0 rings (SSSR count). The van der Waals surface area contributed by atoms with E-state index in [1.807, 2.05) is 6.92 Å². The number of thiol groups is 1. The van der Waals surface area contributed by atoms with Crippen LogP contribution in [-0.2, 0) is 0 Å². The molecule has 0 heterocycles. The Bertz CT molecular complexity index is 28.7. The first-order valence-electron chi connectivity index (χ1n) is 2.18. The molecule has 0 aromatic rings. The molecule has 0 saturated heterocycles. The monoisotopic (exact) mass is 105 g/mol. The van der Waals surface area contributed by atoms with Gasteiger partial charge in [0.15, 0.2) is 0 Å². The molecule has 6 heavy (non-hydrogen) atoms. The summed E-state index contributed by atoms with van der Waals surface area (Å²) in [5.41, 5.74) is 0. The third-order valence-electron chi connectivity index (χ3n) is 0.500. The number of hydrogen-bond acceptors (Lipinski definition) is 2. The van der Waals surface area contributed by atoms with Crippen LogP contribution in [0.5, 0.6) is 0 Å². The van der Waals surface area contributed by atoms with Crippen LogP contribution < -0.4 is 5.32 Å². The number of rotatable bonds is 2. The summed E-state index contributed by atoms with van der Waals surface area (Å²) in [4.78, 5) is 0. The lowest BCUT2D eigenvalue weighted by atomic mass is 10.7. The zero-order chi connectivity index (χ0) is 4.99. The van der Waals surface area contributed by atoms with Crippen LogP contribution in [0.15, 0.2) is 0 Å². The molecule has 0 aliphatic rings. The minimum absolute atomic E-state index is 0.343. The lowest BCUT2D eigenvalue weighted by Crippen LogP contribution is -2.19. The van der Waals surface area contributed by atoms with E-state index in [-0.39, 0.29) is 0 Å². The largest absolute Gasteiger partial charge is 0.306 e. The third kappa shape index (κ3) is 4.31. The van der Waals surface area contributed by atoms with Crippen molar-refractivity contribution < 1.29 is 0 Å². The predicted molar refractivity (Wildman–Crippen MR) is 32.1 cm³/mol. The topological polar surface area (TPSA) is 12.0 Å². The average Bonchev–Trinajstić information content (AvgIpc) is 1.35. The first kappa shape index (κ1) is 6.31. The maximum atomic E-state index is 4.07. The average molecular weight is 105 g/mol. The van der Waals surface area contributed by atoms with E-state index in [1.165, 1.54) is 0 Å². The van der Waals surface area contributed by atoms with E-state index in [4.69, 9.17) is 0 Å². The molecular weight excluding hydrogens is 94.1 g/mol. The maximum absolute atomic E-state index is 4.07. The summed E-state index contributed by atoms with van der Waals surface area (Å²) in [5, 5.41) is 3.42. The zero-order valence-electron chi connectivity index (χ0n) is 4.23. The summed E-state index contributed by atoms with van der Waals surface area (Å²) in [6.45, 7) is 5.07. The Labute approximate surface area is 44.5 Å². The van der Waals surface area contributed by atoms with Crippen LogP contribution >= 0.6 is 12.6 Å². The van der Waals surface area contributed by atoms with Gasteiger partial charge in [0.25, 0.3) is 0 Å². The molecule has 2 heteroatoms. The fourth-order valence-corrected chi connectivity index (χ4v) is 0.478. The Kier molecular flexibility index (Phi) is 3.68. The van der Waals surface area contributed by atoms with E-state index in [0.29, 0.717) is 5.37 Å². The Morgan fingerprint density at radius 3 is 2.33 bits per heavy atom. The smallest absolute Gasteiger partial charge is 0.0473 e. The van der Waals surface area contributed by atoms with E-state index in [2.05, 4.69) is 24.9 Å². The zero-order valence-corrected chi connectivity index (χ0v) is 5.13. The molecule has 0 aromatic heterocycles. The molecule has 0 radical (unpaired) electrons. The van der Waals surface area contributed by atoms with E-state index < -0.39 is 0 Å². The van der Waals surface area contributed by atoms with Gasteiger partial charge in [-0.1, -0.05) is 6.92 Å². The summed E-state index contributed by atoms with van der Waals surface area (Å²) < 4.78 is 0. The van der Waals surface area contributed by atoms with Crippen molar-refractivity contribution in [2.24, 2.45) is 0 Å². The van der Waals surface area contributed by atoms with Crippen LogP contribution in [0.2, 0.25) is 0 Å². The molecule has 0 saturated carbocycles. The van der Waals surface area contributed by atoms with Gasteiger partial charge in [0, 0.05) is 5.37 Å². The molecule has 0 unspecified atom stereocenters. The summed E-state index contributed by atoms with van der Waals surface area (Å²) >= 11 is 4.07. The molecule has 0 bridgehead atoms. The van der Waals surface area contributed by atoms with Gasteiger partial charge >= 0.3 is 0 Å². The summed E-state index contributed by atoms with van der Waals surface area (Å²) in [6, 6.07) is 0. The van der Waals surface area contributed by atoms with Crippen molar-refractivity contribution in [1.29, 1.82) is 0 Å². The highest BCUT2D eigenvalue weighted by atomic mass is 32.1. The molecular formula is C4H11NS. The molecule has 1 N–H and O–H groups in total. The molecule has 0 aromatic carbocycles. The van der Waals surface area contributed by atoms with Gasteiger partial charge in [0.05, 0.1) is 0 Å². The Morgan fingerprint density at radius 2 is 2.33 bits per heavy atom. The second-order valence-electron chi connectivity index (χ2n) is 1.23. The van der Waals surface area contributed by atoms with Crippen molar-refractivity contribution in [1.82, 2.24) is 5.32 Å². The molecule has 0 aliphatic carbocycles. The lowest BCUT2D eigenvalue weighted by Gasteiger charge is -2.00. The van der Waals surface area contributed by atoms with Crippen molar-refractivity contribution in [3.05, 3.63) is 0 Å². The van der Waals surface area contributed by atoms with E-state index >= 15 is 0 Å². The second kappa shape index (κ2) is 3.50. The highest BCUT2D eigenvalue weighted by Crippen LogP contribution is 1.81. The molecule has 1 atom stereocenters. The number of hydrogen-bond donors (Lipinski definition) is 2. The first-order chi connectivity index (χ1) is 2.77. The van der Waals surface area contributed by atoms with Gasteiger partial charge < -0.3 is 5.32 Å². The normalized spacial score (nSPS) is 14.5. The van der Waals surface area contributed by atoms with Crippen molar-refractivity contribution in [3.63, 3.8) is 0 Å². The first-order valence-corrected chi connectivity index (χ1v) is 2.70. The molecule has 1 nitrogen and oxygen atoms in total. The standard InChI is InChI=1S/C4H11NS/c1-3-5-4(2)6/h4-6H,3H2,1-2H3/t4-/m0/s1. The molecule has 0 amide bonds. The van der Waals surface area contributed by atoms with Crippen LogP contribution in [0.4, 0.5) is 0 Å². The highest BCUT2D eigenvalue weighted by molar-refractivity contribution is 7.80. The van der Waals surface area contributed by atoms with Crippen LogP contribution in [0, 0.1) is 0 Å². The van der Waals surface area contributed by atoms with Gasteiger partial charge in [-0.15, -0.1) is 0 Å². The van der Waals surface area contributed by atoms with Crippen LogP contribution in [0.1, 0.15) is 13.8 Å². The van der Waals surface area contributed by atoms with Gasteiger partial charge in [-0.25, -0.2) is 0 Å². The van der Waals surface area contributed by atoms with E-state index in [0.717, 1.165) is 6.54 Å². The lowest BCUT2D eigenvalue weighted by molar-refractivity contribution is 0.724. The van der Waals surface area contributed by atoms with Crippen molar-refractivity contribution >= 4 is 12.6 Å². The van der Waals surface area contributed by atoms with Gasteiger partial charge in [-0.3, -0.25) is 0 Å². The SMILES string of the molecule is CCN[C@H](C)S. The quantitative estimate of drug-likeness (QED) is 0.392. The third-order valence-corrected chi connectivity index (χ3v) is 0.682. The highest BCUT2D eigenvalue weighted by Gasteiger charge is 1.83. The van der Waals surface area contributed by atoms with Gasteiger partial charge in [0.1, 0.15) is 0 Å². The Hall–Kier alpha value is 0.310. The molecule has 38 valence electrons. The minimum Gasteiger partial charge on any atom is -0.306 e. The minimum atomic E-state index is 0.343. The van der Waals surface area contributed by atoms with Gasteiger partial charge in [-0.05, 0) is 13.5 Å². The summed E-state index contributed by atoms with van der Waals surface area (Å²) in [6.07, 6.45) is 0. The van der Waals surface area contributed by atoms with Crippen LogP contribution in [0.3, 0.4) is 0 Å². The van der Waals surface area contributed by atoms with E-state index in [1.54, 1.807) is 0 Å². The second-order valence-corrected chi connectivity index (χ2v) is 2.01. The predicted octanol–water partition coefficient (Wildman–Crippen LogP) is 0.872. The molecule has 0 fully saturated rings. The molecule has 0 aliphatic heterocycles. The summed E-state index contributed by atoms with van der Waals surface area (Å²) in [5.74, 6) is 0. The fraction of sp³-hybridized carbons (Fsp3) is 1.00. The van der Waals surface area contributed by atoms with Gasteiger partial charge in [0.2, 0.25) is 0 Å². The Morgan fingerprint density at radius 1 is 1.83 bits per heavy atom. The summed E-state index contributed by atoms with van der Waals surface area (Å²) in [7, 11) is 0. The Balaban J connectivity index is 2.63. The van der Waals surface area contributed by atoms with Crippen molar-refractivity contribution in [2.45, 2.75) is 19.2 Å². The number of nitrogens with one attached hydrogen (secondary N) is 1. The van der Waals surface area contributed by atoms with Crippen molar-refractivity contribution in [2.75, 3.05) is 6.54 Å². The molecule has 0 spiro atoms.